The summed E-state index contributed by atoms with van der Waals surface area (Å²) in [7, 11) is 0. The maximum Gasteiger partial charge on any atom is 0.253 e. The molecule has 1 aliphatic heterocycles. The highest BCUT2D eigenvalue weighted by Gasteiger charge is 2.22. The SMILES string of the molecule is CC.Cc1ccc(CN2C(=O)C=CC2=O)cc1. The monoisotopic (exact) mass is 231 g/mol. The minimum absolute atomic E-state index is 0.236. The molecule has 0 bridgehead atoms. The Labute approximate surface area is 102 Å². The van der Waals surface area contributed by atoms with Crippen LogP contribution in [0.15, 0.2) is 36.4 Å². The molecule has 0 spiro atoms. The molecule has 17 heavy (non-hydrogen) atoms. The van der Waals surface area contributed by atoms with Crippen LogP contribution in [0.1, 0.15) is 25.0 Å². The molecule has 90 valence electrons. The Balaban J connectivity index is 0.000000686. The van der Waals surface area contributed by atoms with Crippen LogP contribution in [0.4, 0.5) is 0 Å². The van der Waals surface area contributed by atoms with Gasteiger partial charge in [0.15, 0.2) is 0 Å². The summed E-state index contributed by atoms with van der Waals surface area (Å²) in [5.74, 6) is -0.471. The maximum atomic E-state index is 11.3. The largest absolute Gasteiger partial charge is 0.271 e. The fraction of sp³-hybridized carbons (Fsp3) is 0.286. The molecule has 0 saturated carbocycles. The topological polar surface area (TPSA) is 37.4 Å². The lowest BCUT2D eigenvalue weighted by molar-refractivity contribution is -0.137. The van der Waals surface area contributed by atoms with Gasteiger partial charge in [0.05, 0.1) is 6.54 Å². The normalized spacial score (nSPS) is 13.7. The van der Waals surface area contributed by atoms with E-state index in [9.17, 15) is 9.59 Å². The van der Waals surface area contributed by atoms with Crippen LogP contribution in [0.5, 0.6) is 0 Å². The van der Waals surface area contributed by atoms with Gasteiger partial charge in [0.25, 0.3) is 11.8 Å². The fourth-order valence-corrected chi connectivity index (χ4v) is 1.46. The van der Waals surface area contributed by atoms with Gasteiger partial charge in [-0.1, -0.05) is 43.7 Å². The van der Waals surface area contributed by atoms with Crippen molar-refractivity contribution in [1.82, 2.24) is 4.90 Å². The van der Waals surface area contributed by atoms with Crippen LogP contribution in [0.25, 0.3) is 0 Å². The number of aryl methyl sites for hydroxylation is 1. The number of hydrogen-bond donors (Lipinski definition) is 0. The molecule has 0 fully saturated rings. The van der Waals surface area contributed by atoms with Crippen molar-refractivity contribution in [3.05, 3.63) is 47.5 Å². The molecule has 2 rings (SSSR count). The second kappa shape index (κ2) is 5.99. The zero-order valence-corrected chi connectivity index (χ0v) is 10.4. The van der Waals surface area contributed by atoms with Gasteiger partial charge in [0, 0.05) is 12.2 Å². The minimum atomic E-state index is -0.236. The van der Waals surface area contributed by atoms with Crippen molar-refractivity contribution in [2.75, 3.05) is 0 Å². The van der Waals surface area contributed by atoms with E-state index in [0.29, 0.717) is 6.54 Å². The summed E-state index contributed by atoms with van der Waals surface area (Å²) in [6.45, 7) is 6.35. The first kappa shape index (κ1) is 13.2. The van der Waals surface area contributed by atoms with Gasteiger partial charge in [-0.3, -0.25) is 14.5 Å². The quantitative estimate of drug-likeness (QED) is 0.733. The second-order valence-corrected chi connectivity index (χ2v) is 3.58. The highest BCUT2D eigenvalue weighted by atomic mass is 16.2. The Morgan fingerprint density at radius 1 is 0.941 bits per heavy atom. The van der Waals surface area contributed by atoms with E-state index in [0.717, 1.165) is 11.1 Å². The van der Waals surface area contributed by atoms with E-state index in [1.54, 1.807) is 0 Å². The molecule has 0 N–H and O–H groups in total. The van der Waals surface area contributed by atoms with Crippen molar-refractivity contribution < 1.29 is 9.59 Å². The van der Waals surface area contributed by atoms with E-state index < -0.39 is 0 Å². The van der Waals surface area contributed by atoms with Crippen LogP contribution >= 0.6 is 0 Å². The zero-order chi connectivity index (χ0) is 12.8. The van der Waals surface area contributed by atoms with Crippen LogP contribution in [-0.4, -0.2) is 16.7 Å². The van der Waals surface area contributed by atoms with E-state index in [4.69, 9.17) is 0 Å². The summed E-state index contributed by atoms with van der Waals surface area (Å²) < 4.78 is 0. The summed E-state index contributed by atoms with van der Waals surface area (Å²) in [6.07, 6.45) is 2.60. The van der Waals surface area contributed by atoms with E-state index in [2.05, 4.69) is 0 Å². The Morgan fingerprint density at radius 2 is 1.41 bits per heavy atom. The predicted molar refractivity (Wildman–Crippen MR) is 67.2 cm³/mol. The standard InChI is InChI=1S/C12H11NO2.C2H6/c1-9-2-4-10(5-3-9)8-13-11(14)6-7-12(13)15;1-2/h2-7H,8H2,1H3;1-2H3. The number of amides is 2. The summed E-state index contributed by atoms with van der Waals surface area (Å²) in [5.41, 5.74) is 2.13. The molecule has 3 nitrogen and oxygen atoms in total. The van der Waals surface area contributed by atoms with Crippen molar-refractivity contribution in [2.24, 2.45) is 0 Å². The van der Waals surface area contributed by atoms with Crippen molar-refractivity contribution >= 4 is 11.8 Å². The number of imide groups is 1. The van der Waals surface area contributed by atoms with E-state index in [1.165, 1.54) is 17.1 Å². The van der Waals surface area contributed by atoms with Gasteiger partial charge >= 0.3 is 0 Å². The summed E-state index contributed by atoms with van der Waals surface area (Å²) in [6, 6.07) is 7.78. The van der Waals surface area contributed by atoms with Gasteiger partial charge in [-0.15, -0.1) is 0 Å². The van der Waals surface area contributed by atoms with Crippen molar-refractivity contribution in [3.8, 4) is 0 Å². The summed E-state index contributed by atoms with van der Waals surface area (Å²) in [5, 5.41) is 0. The third-order valence-electron chi connectivity index (χ3n) is 2.36. The molecule has 1 heterocycles. The molecule has 0 radical (unpaired) electrons. The first-order valence-corrected chi connectivity index (χ1v) is 5.76. The molecule has 0 saturated heterocycles. The molecule has 0 aliphatic carbocycles. The number of carbonyl (C=O) groups excluding carboxylic acids is 2. The van der Waals surface area contributed by atoms with E-state index in [-0.39, 0.29) is 11.8 Å². The Bertz CT molecular complexity index is 414. The van der Waals surface area contributed by atoms with Gasteiger partial charge in [-0.05, 0) is 12.5 Å². The third kappa shape index (κ3) is 3.28. The average molecular weight is 231 g/mol. The van der Waals surface area contributed by atoms with Crippen molar-refractivity contribution in [3.63, 3.8) is 0 Å². The van der Waals surface area contributed by atoms with E-state index >= 15 is 0 Å². The Kier molecular flexibility index (Phi) is 4.64. The lowest BCUT2D eigenvalue weighted by Crippen LogP contribution is -2.29. The first-order valence-electron chi connectivity index (χ1n) is 5.76. The number of benzene rings is 1. The number of rotatable bonds is 2. The predicted octanol–water partition coefficient (Wildman–Crippen LogP) is 2.45. The molecule has 1 aliphatic rings. The van der Waals surface area contributed by atoms with Crippen LogP contribution in [0.2, 0.25) is 0 Å². The van der Waals surface area contributed by atoms with Crippen molar-refractivity contribution in [2.45, 2.75) is 27.3 Å². The molecule has 1 aromatic rings. The highest BCUT2D eigenvalue weighted by Crippen LogP contribution is 2.11. The van der Waals surface area contributed by atoms with Crippen LogP contribution in [0.3, 0.4) is 0 Å². The van der Waals surface area contributed by atoms with Gasteiger partial charge in [0.1, 0.15) is 0 Å². The van der Waals surface area contributed by atoms with Gasteiger partial charge < -0.3 is 0 Å². The smallest absolute Gasteiger partial charge is 0.253 e. The Morgan fingerprint density at radius 3 is 1.88 bits per heavy atom. The molecular formula is C14H17NO2. The molecule has 0 aromatic heterocycles. The Hall–Kier alpha value is -1.90. The molecule has 2 amide bonds. The number of nitrogens with zero attached hydrogens (tertiary/aromatic N) is 1. The van der Waals surface area contributed by atoms with Gasteiger partial charge in [-0.2, -0.15) is 0 Å². The van der Waals surface area contributed by atoms with Crippen LogP contribution in [0, 0.1) is 6.92 Å². The molecule has 1 aromatic carbocycles. The molecule has 0 unspecified atom stereocenters. The molecular weight excluding hydrogens is 214 g/mol. The zero-order valence-electron chi connectivity index (χ0n) is 10.4. The first-order chi connectivity index (χ1) is 8.16. The number of hydrogen-bond acceptors (Lipinski definition) is 2. The summed E-state index contributed by atoms with van der Waals surface area (Å²) >= 11 is 0. The lowest BCUT2D eigenvalue weighted by Gasteiger charge is -2.13. The lowest BCUT2D eigenvalue weighted by atomic mass is 10.1. The second-order valence-electron chi connectivity index (χ2n) is 3.58. The minimum Gasteiger partial charge on any atom is -0.271 e. The third-order valence-corrected chi connectivity index (χ3v) is 2.36. The van der Waals surface area contributed by atoms with E-state index in [1.807, 2.05) is 45.0 Å². The average Bonchev–Trinajstić information content (AvgIpc) is 2.66. The fourth-order valence-electron chi connectivity index (χ4n) is 1.46. The maximum absolute atomic E-state index is 11.3. The molecule has 0 atom stereocenters. The molecule has 3 heteroatoms. The van der Waals surface area contributed by atoms with Gasteiger partial charge in [0.2, 0.25) is 0 Å². The number of carbonyl (C=O) groups is 2. The van der Waals surface area contributed by atoms with Crippen LogP contribution < -0.4 is 0 Å². The van der Waals surface area contributed by atoms with Gasteiger partial charge in [-0.25, -0.2) is 0 Å². The van der Waals surface area contributed by atoms with Crippen molar-refractivity contribution in [1.29, 1.82) is 0 Å². The highest BCUT2D eigenvalue weighted by molar-refractivity contribution is 6.12. The summed E-state index contributed by atoms with van der Waals surface area (Å²) in [4.78, 5) is 23.8. The van der Waals surface area contributed by atoms with Crippen LogP contribution in [-0.2, 0) is 16.1 Å².